The third-order valence-electron chi connectivity index (χ3n) is 3.87. The molecule has 124 valence electrons. The van der Waals surface area contributed by atoms with Crippen LogP contribution in [-0.4, -0.2) is 27.8 Å². The number of nitrogens with zero attached hydrogens (tertiary/aromatic N) is 2. The van der Waals surface area contributed by atoms with Gasteiger partial charge in [0.2, 0.25) is 5.91 Å². The summed E-state index contributed by atoms with van der Waals surface area (Å²) in [6.45, 7) is 0.215. The van der Waals surface area contributed by atoms with Crippen LogP contribution in [-0.2, 0) is 17.8 Å². The maximum Gasteiger partial charge on any atom is 0.324 e. The highest BCUT2D eigenvalue weighted by Crippen LogP contribution is 2.25. The average molecular weight is 345 g/mol. The number of hydrogen-bond donors (Lipinski definition) is 1. The van der Waals surface area contributed by atoms with Gasteiger partial charge < -0.3 is 5.32 Å². The first-order chi connectivity index (χ1) is 11.5. The zero-order valence-electron chi connectivity index (χ0n) is 12.7. The molecule has 7 nitrogen and oxygen atoms in total. The van der Waals surface area contributed by atoms with E-state index in [0.717, 1.165) is 10.4 Å². The average Bonchev–Trinajstić information content (AvgIpc) is 3.06. The maximum absolute atomic E-state index is 12.2. The van der Waals surface area contributed by atoms with Gasteiger partial charge in [0.1, 0.15) is 0 Å². The highest BCUT2D eigenvalue weighted by atomic mass is 32.1. The smallest absolute Gasteiger partial charge is 0.324 e. The van der Waals surface area contributed by atoms with Crippen LogP contribution >= 0.6 is 11.3 Å². The predicted octanol–water partition coefficient (Wildman–Crippen LogP) is 2.71. The Bertz CT molecular complexity index is 758. The van der Waals surface area contributed by atoms with Crippen molar-refractivity contribution >= 4 is 29.0 Å². The Morgan fingerprint density at radius 3 is 2.67 bits per heavy atom. The van der Waals surface area contributed by atoms with Gasteiger partial charge in [0.15, 0.2) is 0 Å². The number of hydrogen-bond acceptors (Lipinski definition) is 5. The van der Waals surface area contributed by atoms with Crippen LogP contribution in [0.5, 0.6) is 0 Å². The number of amides is 3. The molecule has 1 aromatic carbocycles. The Kier molecular flexibility index (Phi) is 4.57. The first-order valence-electron chi connectivity index (χ1n) is 7.40. The van der Waals surface area contributed by atoms with Crippen molar-refractivity contribution in [2.75, 3.05) is 0 Å². The van der Waals surface area contributed by atoms with E-state index >= 15 is 0 Å². The van der Waals surface area contributed by atoms with Crippen LogP contribution < -0.4 is 5.32 Å². The first-order valence-corrected chi connectivity index (χ1v) is 8.28. The topological polar surface area (TPSA) is 92.6 Å². The van der Waals surface area contributed by atoms with Gasteiger partial charge in [-0.3, -0.25) is 19.8 Å². The molecule has 1 aliphatic rings. The van der Waals surface area contributed by atoms with Crippen LogP contribution in [0.2, 0.25) is 0 Å². The number of carbonyl (C=O) groups excluding carboxylic acids is 2. The van der Waals surface area contributed by atoms with Crippen molar-refractivity contribution in [3.05, 3.63) is 62.3 Å². The summed E-state index contributed by atoms with van der Waals surface area (Å²) in [7, 11) is 0. The molecule has 0 spiro atoms. The first kappa shape index (κ1) is 16.1. The lowest BCUT2D eigenvalue weighted by Crippen LogP contribution is -2.59. The molecule has 0 aliphatic carbocycles. The minimum atomic E-state index is -0.476. The fourth-order valence-electron chi connectivity index (χ4n) is 2.58. The van der Waals surface area contributed by atoms with Crippen LogP contribution in [0.3, 0.4) is 0 Å². The highest BCUT2D eigenvalue weighted by molar-refractivity contribution is 7.09. The number of β-lactam (4-membered cyclic amide) rings is 1. The summed E-state index contributed by atoms with van der Waals surface area (Å²) >= 11 is 1.60. The van der Waals surface area contributed by atoms with Crippen LogP contribution in [0.1, 0.15) is 16.9 Å². The molecule has 24 heavy (non-hydrogen) atoms. The van der Waals surface area contributed by atoms with Gasteiger partial charge in [-0.25, -0.2) is 4.79 Å². The Balaban J connectivity index is 1.55. The standard InChI is InChI=1S/C16H15N3O4S/c20-15-9-13(8-14-2-1-7-24-14)18(15)16(21)17-10-11-3-5-12(6-4-11)19(22)23/h1-7,13H,8-10H2,(H,17,21)/t13-/m0/s1. The van der Waals surface area contributed by atoms with Crippen molar-refractivity contribution in [3.63, 3.8) is 0 Å². The summed E-state index contributed by atoms with van der Waals surface area (Å²) in [5.74, 6) is -0.183. The highest BCUT2D eigenvalue weighted by Gasteiger charge is 2.40. The van der Waals surface area contributed by atoms with Crippen molar-refractivity contribution in [3.8, 4) is 0 Å². The minimum Gasteiger partial charge on any atom is -0.334 e. The van der Waals surface area contributed by atoms with Gasteiger partial charge in [0.05, 0.1) is 11.0 Å². The molecule has 3 amide bonds. The Morgan fingerprint density at radius 1 is 1.33 bits per heavy atom. The summed E-state index contributed by atoms with van der Waals surface area (Å²) < 4.78 is 0. The number of rotatable bonds is 5. The number of nitrogens with one attached hydrogen (secondary N) is 1. The van der Waals surface area contributed by atoms with E-state index in [4.69, 9.17) is 0 Å². The third-order valence-corrected chi connectivity index (χ3v) is 4.77. The molecule has 3 rings (SSSR count). The summed E-state index contributed by atoms with van der Waals surface area (Å²) in [6.07, 6.45) is 1.05. The SMILES string of the molecule is O=C1C[C@H](Cc2cccs2)N1C(=O)NCc1ccc([N+](=O)[O-])cc1. The molecule has 0 bridgehead atoms. The molecular formula is C16H15N3O4S. The van der Waals surface area contributed by atoms with Crippen molar-refractivity contribution in [1.82, 2.24) is 10.2 Å². The molecule has 1 atom stereocenters. The molecule has 2 aromatic rings. The van der Waals surface area contributed by atoms with Gasteiger partial charge in [-0.05, 0) is 17.0 Å². The van der Waals surface area contributed by atoms with Crippen molar-refractivity contribution in [2.45, 2.75) is 25.4 Å². The summed E-state index contributed by atoms with van der Waals surface area (Å²) in [6, 6.07) is 9.34. The van der Waals surface area contributed by atoms with Crippen LogP contribution in [0.15, 0.2) is 41.8 Å². The summed E-state index contributed by atoms with van der Waals surface area (Å²) in [4.78, 5) is 36.5. The Labute approximate surface area is 142 Å². The second-order valence-corrected chi connectivity index (χ2v) is 6.52. The molecule has 1 saturated heterocycles. The third kappa shape index (κ3) is 3.43. The maximum atomic E-state index is 12.2. The van der Waals surface area contributed by atoms with Gasteiger partial charge in [-0.2, -0.15) is 0 Å². The van der Waals surface area contributed by atoms with Crippen molar-refractivity contribution in [1.29, 1.82) is 0 Å². The molecule has 1 fully saturated rings. The van der Waals surface area contributed by atoms with Gasteiger partial charge in [0.25, 0.3) is 5.69 Å². The predicted molar refractivity (Wildman–Crippen MR) is 88.6 cm³/mol. The fraction of sp³-hybridized carbons (Fsp3) is 0.250. The second kappa shape index (κ2) is 6.79. The lowest BCUT2D eigenvalue weighted by Gasteiger charge is -2.38. The van der Waals surface area contributed by atoms with E-state index in [-0.39, 0.29) is 24.2 Å². The Hall–Kier alpha value is -2.74. The lowest BCUT2D eigenvalue weighted by molar-refractivity contribution is -0.384. The van der Waals surface area contributed by atoms with Gasteiger partial charge in [0, 0.05) is 36.4 Å². The molecule has 1 aromatic heterocycles. The van der Waals surface area contributed by atoms with E-state index in [0.29, 0.717) is 12.8 Å². The molecule has 1 aliphatic heterocycles. The number of nitro benzene ring substituents is 1. The van der Waals surface area contributed by atoms with Crippen LogP contribution in [0, 0.1) is 10.1 Å². The lowest BCUT2D eigenvalue weighted by atomic mass is 9.98. The molecule has 2 heterocycles. The number of benzene rings is 1. The molecular weight excluding hydrogens is 330 g/mol. The van der Waals surface area contributed by atoms with Gasteiger partial charge >= 0.3 is 6.03 Å². The van der Waals surface area contributed by atoms with Gasteiger partial charge in [-0.1, -0.05) is 18.2 Å². The molecule has 0 radical (unpaired) electrons. The van der Waals surface area contributed by atoms with E-state index in [1.54, 1.807) is 23.5 Å². The quantitative estimate of drug-likeness (QED) is 0.512. The minimum absolute atomic E-state index is 0.000918. The van der Waals surface area contributed by atoms with E-state index in [2.05, 4.69) is 5.32 Å². The summed E-state index contributed by atoms with van der Waals surface area (Å²) in [5.41, 5.74) is 0.732. The van der Waals surface area contributed by atoms with Crippen molar-refractivity contribution < 1.29 is 14.5 Å². The number of urea groups is 1. The van der Waals surface area contributed by atoms with Crippen LogP contribution in [0.4, 0.5) is 10.5 Å². The fourth-order valence-corrected chi connectivity index (χ4v) is 3.36. The largest absolute Gasteiger partial charge is 0.334 e. The number of thiophene rings is 1. The van der Waals surface area contributed by atoms with E-state index in [9.17, 15) is 19.7 Å². The molecule has 8 heteroatoms. The van der Waals surface area contributed by atoms with Crippen molar-refractivity contribution in [2.24, 2.45) is 0 Å². The number of carbonyl (C=O) groups is 2. The van der Waals surface area contributed by atoms with E-state index < -0.39 is 11.0 Å². The number of likely N-dealkylation sites (tertiary alicyclic amines) is 1. The van der Waals surface area contributed by atoms with E-state index in [1.807, 2.05) is 17.5 Å². The number of non-ortho nitro benzene ring substituents is 1. The van der Waals surface area contributed by atoms with Crippen LogP contribution in [0.25, 0.3) is 0 Å². The normalized spacial score (nSPS) is 16.6. The monoisotopic (exact) mass is 345 g/mol. The zero-order valence-corrected chi connectivity index (χ0v) is 13.5. The zero-order chi connectivity index (χ0) is 17.1. The molecule has 1 N–H and O–H groups in total. The molecule has 0 saturated carbocycles. The molecule has 0 unspecified atom stereocenters. The number of nitro groups is 1. The Morgan fingerprint density at radius 2 is 2.08 bits per heavy atom. The van der Waals surface area contributed by atoms with E-state index in [1.165, 1.54) is 17.0 Å². The second-order valence-electron chi connectivity index (χ2n) is 5.49. The summed E-state index contributed by atoms with van der Waals surface area (Å²) in [5, 5.41) is 15.3. The number of imide groups is 1. The van der Waals surface area contributed by atoms with Gasteiger partial charge in [-0.15, -0.1) is 11.3 Å².